The van der Waals surface area contributed by atoms with Gasteiger partial charge in [0.1, 0.15) is 12.4 Å². The number of carbonyl (C=O) groups is 1. The van der Waals surface area contributed by atoms with Crippen LogP contribution >= 0.6 is 0 Å². The number of H-pyrrole nitrogens is 1. The third-order valence-corrected chi connectivity index (χ3v) is 4.56. The van der Waals surface area contributed by atoms with Crippen molar-refractivity contribution in [2.45, 2.75) is 25.5 Å². The van der Waals surface area contributed by atoms with Gasteiger partial charge in [-0.15, -0.1) is 0 Å². The standard InChI is InChI=1S/C20H21N3O3/c24-20(18-5-1-3-15-12-22-23-19(15)18)21-11-14-6-8-16(9-7-14)26-13-17-4-2-10-25-17/h1,3,5-9,12,17H,2,4,10-11,13H2,(H,21,24)(H,22,23). The molecule has 6 heteroatoms. The van der Waals surface area contributed by atoms with E-state index in [0.717, 1.165) is 41.7 Å². The molecule has 26 heavy (non-hydrogen) atoms. The Balaban J connectivity index is 1.32. The van der Waals surface area contributed by atoms with Gasteiger partial charge in [0.05, 0.1) is 23.4 Å². The van der Waals surface area contributed by atoms with Crippen LogP contribution in [-0.2, 0) is 11.3 Å². The predicted octanol–water partition coefficient (Wildman–Crippen LogP) is 3.05. The quantitative estimate of drug-likeness (QED) is 0.716. The lowest BCUT2D eigenvalue weighted by Gasteiger charge is -2.12. The van der Waals surface area contributed by atoms with Crippen LogP contribution in [0.2, 0.25) is 0 Å². The van der Waals surface area contributed by atoms with E-state index in [9.17, 15) is 4.79 Å². The minimum absolute atomic E-state index is 0.126. The van der Waals surface area contributed by atoms with Gasteiger partial charge in [0.2, 0.25) is 0 Å². The maximum absolute atomic E-state index is 12.4. The zero-order chi connectivity index (χ0) is 17.8. The molecule has 3 aromatic rings. The van der Waals surface area contributed by atoms with Gasteiger partial charge < -0.3 is 14.8 Å². The van der Waals surface area contributed by atoms with Gasteiger partial charge in [-0.3, -0.25) is 9.89 Å². The third kappa shape index (κ3) is 3.70. The highest BCUT2D eigenvalue weighted by Gasteiger charge is 2.16. The second-order valence-corrected chi connectivity index (χ2v) is 6.41. The first-order chi connectivity index (χ1) is 12.8. The first-order valence-corrected chi connectivity index (χ1v) is 8.83. The molecule has 0 aliphatic carbocycles. The number of rotatable bonds is 6. The molecule has 1 aromatic heterocycles. The Morgan fingerprint density at radius 2 is 2.15 bits per heavy atom. The van der Waals surface area contributed by atoms with Crippen LogP contribution in [0.3, 0.4) is 0 Å². The highest BCUT2D eigenvalue weighted by atomic mass is 16.5. The fourth-order valence-electron chi connectivity index (χ4n) is 3.10. The lowest BCUT2D eigenvalue weighted by atomic mass is 10.1. The number of ether oxygens (including phenoxy) is 2. The normalized spacial score (nSPS) is 16.7. The van der Waals surface area contributed by atoms with Crippen molar-refractivity contribution in [3.63, 3.8) is 0 Å². The van der Waals surface area contributed by atoms with Gasteiger partial charge in [0.25, 0.3) is 5.91 Å². The Bertz CT molecular complexity index is 883. The zero-order valence-electron chi connectivity index (χ0n) is 14.4. The average Bonchev–Trinajstić information content (AvgIpc) is 3.36. The van der Waals surface area contributed by atoms with Crippen LogP contribution in [0.25, 0.3) is 10.9 Å². The van der Waals surface area contributed by atoms with Crippen molar-refractivity contribution in [2.75, 3.05) is 13.2 Å². The smallest absolute Gasteiger partial charge is 0.253 e. The minimum atomic E-state index is -0.126. The molecule has 0 bridgehead atoms. The van der Waals surface area contributed by atoms with Crippen LogP contribution in [0.15, 0.2) is 48.7 Å². The van der Waals surface area contributed by atoms with Gasteiger partial charge in [-0.1, -0.05) is 24.3 Å². The van der Waals surface area contributed by atoms with Gasteiger partial charge in [0.15, 0.2) is 0 Å². The second kappa shape index (κ2) is 7.58. The molecule has 1 unspecified atom stereocenters. The molecule has 1 saturated heterocycles. The molecule has 2 N–H and O–H groups in total. The number of aromatic nitrogens is 2. The number of aromatic amines is 1. The summed E-state index contributed by atoms with van der Waals surface area (Å²) in [6, 6.07) is 13.3. The summed E-state index contributed by atoms with van der Waals surface area (Å²) in [6.45, 7) is 1.87. The van der Waals surface area contributed by atoms with Crippen LogP contribution < -0.4 is 10.1 Å². The molecule has 1 amide bonds. The van der Waals surface area contributed by atoms with Crippen LogP contribution in [-0.4, -0.2) is 35.4 Å². The summed E-state index contributed by atoms with van der Waals surface area (Å²) in [5.74, 6) is 0.691. The van der Waals surface area contributed by atoms with Gasteiger partial charge in [-0.25, -0.2) is 0 Å². The highest BCUT2D eigenvalue weighted by Crippen LogP contribution is 2.18. The Kier molecular flexibility index (Phi) is 4.84. The maximum Gasteiger partial charge on any atom is 0.253 e. The molecular weight excluding hydrogens is 330 g/mol. The number of para-hydroxylation sites is 1. The van der Waals surface area contributed by atoms with E-state index in [1.165, 1.54) is 0 Å². The summed E-state index contributed by atoms with van der Waals surface area (Å²) in [5.41, 5.74) is 2.36. The summed E-state index contributed by atoms with van der Waals surface area (Å²) in [7, 11) is 0. The van der Waals surface area contributed by atoms with Gasteiger partial charge >= 0.3 is 0 Å². The number of hydrogen-bond acceptors (Lipinski definition) is 4. The van der Waals surface area contributed by atoms with Crippen molar-refractivity contribution in [1.29, 1.82) is 0 Å². The molecule has 1 aliphatic heterocycles. The molecule has 1 atom stereocenters. The summed E-state index contributed by atoms with van der Waals surface area (Å²) < 4.78 is 11.3. The number of nitrogens with one attached hydrogen (secondary N) is 2. The molecule has 2 aromatic carbocycles. The average molecular weight is 351 g/mol. The van der Waals surface area contributed by atoms with Gasteiger partial charge in [-0.2, -0.15) is 5.10 Å². The predicted molar refractivity (Wildman–Crippen MR) is 98.2 cm³/mol. The molecule has 4 rings (SSSR count). The molecule has 2 heterocycles. The molecule has 1 fully saturated rings. The van der Waals surface area contributed by atoms with Crippen LogP contribution in [0.4, 0.5) is 0 Å². The van der Waals surface area contributed by atoms with Crippen LogP contribution in [0, 0.1) is 0 Å². The fraction of sp³-hybridized carbons (Fsp3) is 0.300. The van der Waals surface area contributed by atoms with E-state index in [-0.39, 0.29) is 12.0 Å². The minimum Gasteiger partial charge on any atom is -0.491 e. The SMILES string of the molecule is O=C(NCc1ccc(OCC2CCCO2)cc1)c1cccc2cn[nH]c12. The van der Waals surface area contributed by atoms with Gasteiger partial charge in [0, 0.05) is 18.5 Å². The highest BCUT2D eigenvalue weighted by molar-refractivity contribution is 6.05. The number of nitrogens with zero attached hydrogens (tertiary/aromatic N) is 1. The summed E-state index contributed by atoms with van der Waals surface area (Å²) in [6.07, 6.45) is 4.09. The first-order valence-electron chi connectivity index (χ1n) is 8.83. The molecule has 0 radical (unpaired) electrons. The lowest BCUT2D eigenvalue weighted by Crippen LogP contribution is -2.23. The molecule has 1 aliphatic rings. The number of hydrogen-bond donors (Lipinski definition) is 2. The Morgan fingerprint density at radius 1 is 1.27 bits per heavy atom. The van der Waals surface area contributed by atoms with Gasteiger partial charge in [-0.05, 0) is 36.6 Å². The Morgan fingerprint density at radius 3 is 2.96 bits per heavy atom. The van der Waals surface area contributed by atoms with E-state index < -0.39 is 0 Å². The van der Waals surface area contributed by atoms with Crippen LogP contribution in [0.1, 0.15) is 28.8 Å². The van der Waals surface area contributed by atoms with E-state index in [4.69, 9.17) is 9.47 Å². The van der Waals surface area contributed by atoms with Crippen LogP contribution in [0.5, 0.6) is 5.75 Å². The molecule has 134 valence electrons. The fourth-order valence-corrected chi connectivity index (χ4v) is 3.10. The summed E-state index contributed by atoms with van der Waals surface area (Å²) in [4.78, 5) is 12.4. The monoisotopic (exact) mass is 351 g/mol. The second-order valence-electron chi connectivity index (χ2n) is 6.41. The number of carbonyl (C=O) groups excluding carboxylic acids is 1. The summed E-state index contributed by atoms with van der Waals surface area (Å²) >= 11 is 0. The maximum atomic E-state index is 12.4. The number of benzene rings is 2. The third-order valence-electron chi connectivity index (χ3n) is 4.56. The van der Waals surface area contributed by atoms with Crippen molar-refractivity contribution in [2.24, 2.45) is 0 Å². The van der Waals surface area contributed by atoms with Crippen molar-refractivity contribution < 1.29 is 14.3 Å². The first kappa shape index (κ1) is 16.6. The van der Waals surface area contributed by atoms with E-state index in [1.54, 1.807) is 12.3 Å². The molecular formula is C20H21N3O3. The molecule has 0 spiro atoms. The number of fused-ring (bicyclic) bond motifs is 1. The Labute approximate surface area is 151 Å². The van der Waals surface area contributed by atoms with E-state index in [1.807, 2.05) is 36.4 Å². The molecule has 0 saturated carbocycles. The zero-order valence-corrected chi connectivity index (χ0v) is 14.4. The Hall–Kier alpha value is -2.86. The van der Waals surface area contributed by atoms with Crippen molar-refractivity contribution in [3.05, 3.63) is 59.8 Å². The van der Waals surface area contributed by atoms with Crippen molar-refractivity contribution in [1.82, 2.24) is 15.5 Å². The molecule has 6 nitrogen and oxygen atoms in total. The van der Waals surface area contributed by atoms with Crippen molar-refractivity contribution >= 4 is 16.8 Å². The van der Waals surface area contributed by atoms with Crippen molar-refractivity contribution in [3.8, 4) is 5.75 Å². The summed E-state index contributed by atoms with van der Waals surface area (Å²) in [5, 5.41) is 10.7. The topological polar surface area (TPSA) is 76.2 Å². The van der Waals surface area contributed by atoms with E-state index in [2.05, 4.69) is 15.5 Å². The largest absolute Gasteiger partial charge is 0.491 e. The van der Waals surface area contributed by atoms with E-state index >= 15 is 0 Å². The van der Waals surface area contributed by atoms with E-state index in [0.29, 0.717) is 18.7 Å². The lowest BCUT2D eigenvalue weighted by molar-refractivity contribution is 0.0679. The number of amides is 1.